The highest BCUT2D eigenvalue weighted by molar-refractivity contribution is 5.65. The van der Waals surface area contributed by atoms with Crippen molar-refractivity contribution in [2.75, 3.05) is 6.61 Å². The Morgan fingerprint density at radius 2 is 2.14 bits per heavy atom. The van der Waals surface area contributed by atoms with E-state index < -0.39 is 0 Å². The van der Waals surface area contributed by atoms with Crippen molar-refractivity contribution in [1.29, 1.82) is 0 Å². The van der Waals surface area contributed by atoms with Gasteiger partial charge in [0.2, 0.25) is 0 Å². The van der Waals surface area contributed by atoms with Crippen LogP contribution in [0.1, 0.15) is 40.0 Å². The van der Waals surface area contributed by atoms with Crippen molar-refractivity contribution < 1.29 is 9.53 Å². The van der Waals surface area contributed by atoms with Gasteiger partial charge < -0.3 is 4.74 Å². The minimum Gasteiger partial charge on any atom is -0.466 e. The Labute approximate surface area is 86.0 Å². The summed E-state index contributed by atoms with van der Waals surface area (Å²) in [5.74, 6) is 2.21. The molecule has 14 heavy (non-hydrogen) atoms. The normalized spacial score (nSPS) is 38.6. The first kappa shape index (κ1) is 10.0. The minimum absolute atomic E-state index is 0.135. The molecule has 0 heterocycles. The highest BCUT2D eigenvalue weighted by Gasteiger charge is 2.54. The van der Waals surface area contributed by atoms with Gasteiger partial charge in [0.1, 0.15) is 0 Å². The van der Waals surface area contributed by atoms with Crippen LogP contribution < -0.4 is 0 Å². The van der Waals surface area contributed by atoms with E-state index in [9.17, 15) is 4.79 Å². The molecule has 3 rings (SSSR count). The quantitative estimate of drug-likeness (QED) is 0.635. The highest BCUT2D eigenvalue weighted by Crippen LogP contribution is 2.61. The molecule has 0 aromatic rings. The first-order valence-electron chi connectivity index (χ1n) is 5.65. The zero-order valence-electron chi connectivity index (χ0n) is 9.38. The molecule has 0 radical (unpaired) electrons. The largest absolute Gasteiger partial charge is 0.466 e. The molecule has 0 aromatic carbocycles. The Morgan fingerprint density at radius 1 is 1.43 bits per heavy atom. The molecule has 0 aromatic heterocycles. The molecule has 3 fully saturated rings. The Kier molecular flexibility index (Phi) is 2.32. The van der Waals surface area contributed by atoms with Gasteiger partial charge in [0.05, 0.1) is 6.61 Å². The van der Waals surface area contributed by atoms with Gasteiger partial charge in [-0.3, -0.25) is 4.79 Å². The van der Waals surface area contributed by atoms with Gasteiger partial charge in [0.15, 0.2) is 0 Å². The van der Waals surface area contributed by atoms with E-state index in [2.05, 4.69) is 13.8 Å². The van der Waals surface area contributed by atoms with Crippen molar-refractivity contribution in [2.24, 2.45) is 23.2 Å². The van der Waals surface area contributed by atoms with Crippen molar-refractivity contribution in [3.63, 3.8) is 0 Å². The first-order valence-corrected chi connectivity index (χ1v) is 5.65. The number of hydrogen-bond acceptors (Lipinski definition) is 2. The molecule has 0 N–H and O–H groups in total. The number of carbonyl (C=O) groups is 1. The van der Waals surface area contributed by atoms with Gasteiger partial charge in [-0.1, -0.05) is 13.8 Å². The van der Waals surface area contributed by atoms with Crippen LogP contribution in [-0.4, -0.2) is 12.6 Å². The van der Waals surface area contributed by atoms with Crippen LogP contribution >= 0.6 is 0 Å². The number of carbonyl (C=O) groups excluding carboxylic acids is 1. The molecular weight excluding hydrogens is 176 g/mol. The molecule has 2 bridgehead atoms. The minimum atomic E-state index is -0.135. The van der Waals surface area contributed by atoms with Gasteiger partial charge >= 0.3 is 5.97 Å². The van der Waals surface area contributed by atoms with E-state index in [0.29, 0.717) is 17.9 Å². The number of ether oxygens (including phenoxy) is 1. The van der Waals surface area contributed by atoms with Crippen molar-refractivity contribution in [3.8, 4) is 0 Å². The van der Waals surface area contributed by atoms with Crippen molar-refractivity contribution in [3.05, 3.63) is 0 Å². The molecule has 80 valence electrons. The Morgan fingerprint density at radius 3 is 2.64 bits per heavy atom. The molecule has 3 aliphatic carbocycles. The Bertz CT molecular complexity index is 243. The standard InChI is InChI=1S/C12H20O2/c1-8(13)14-7-9-4-5-10-6-11(9)12(10,2)3/h9-11H,4-7H2,1-3H3/t9-,10+,11+/m1/s1. The van der Waals surface area contributed by atoms with Crippen LogP contribution in [-0.2, 0) is 9.53 Å². The van der Waals surface area contributed by atoms with E-state index in [0.717, 1.165) is 11.8 Å². The second-order valence-corrected chi connectivity index (χ2v) is 5.50. The van der Waals surface area contributed by atoms with Gasteiger partial charge in [0, 0.05) is 6.92 Å². The fourth-order valence-corrected chi connectivity index (χ4v) is 3.39. The summed E-state index contributed by atoms with van der Waals surface area (Å²) >= 11 is 0. The Hall–Kier alpha value is -0.530. The molecule has 2 nitrogen and oxygen atoms in total. The smallest absolute Gasteiger partial charge is 0.302 e. The number of esters is 1. The van der Waals surface area contributed by atoms with Gasteiger partial charge in [-0.15, -0.1) is 0 Å². The molecule has 3 aliphatic rings. The fourth-order valence-electron chi connectivity index (χ4n) is 3.39. The zero-order chi connectivity index (χ0) is 10.3. The van der Waals surface area contributed by atoms with Gasteiger partial charge in [0.25, 0.3) is 0 Å². The van der Waals surface area contributed by atoms with Crippen LogP contribution in [0.25, 0.3) is 0 Å². The average Bonchev–Trinajstić information content (AvgIpc) is 2.14. The summed E-state index contributed by atoms with van der Waals surface area (Å²) in [4.78, 5) is 10.7. The predicted molar refractivity (Wildman–Crippen MR) is 54.7 cm³/mol. The lowest BCUT2D eigenvalue weighted by Gasteiger charge is -2.60. The highest BCUT2D eigenvalue weighted by atomic mass is 16.5. The summed E-state index contributed by atoms with van der Waals surface area (Å²) < 4.78 is 5.13. The van der Waals surface area contributed by atoms with Crippen LogP contribution in [0, 0.1) is 23.2 Å². The molecule has 3 saturated carbocycles. The van der Waals surface area contributed by atoms with E-state index in [-0.39, 0.29) is 5.97 Å². The lowest BCUT2D eigenvalue weighted by Crippen LogP contribution is -2.53. The van der Waals surface area contributed by atoms with Crippen LogP contribution in [0.5, 0.6) is 0 Å². The topological polar surface area (TPSA) is 26.3 Å². The van der Waals surface area contributed by atoms with E-state index in [1.54, 1.807) is 0 Å². The molecule has 0 unspecified atom stereocenters. The number of fused-ring (bicyclic) bond motifs is 2. The summed E-state index contributed by atoms with van der Waals surface area (Å²) in [6.45, 7) is 6.88. The first-order chi connectivity index (χ1) is 6.51. The average molecular weight is 196 g/mol. The maximum absolute atomic E-state index is 10.7. The maximum atomic E-state index is 10.7. The van der Waals surface area contributed by atoms with Gasteiger partial charge in [-0.05, 0) is 42.4 Å². The zero-order valence-corrected chi connectivity index (χ0v) is 9.38. The van der Waals surface area contributed by atoms with Crippen molar-refractivity contribution >= 4 is 5.97 Å². The van der Waals surface area contributed by atoms with Crippen LogP contribution in [0.4, 0.5) is 0 Å². The predicted octanol–water partition coefficient (Wildman–Crippen LogP) is 2.62. The monoisotopic (exact) mass is 196 g/mol. The van der Waals surface area contributed by atoms with Crippen molar-refractivity contribution in [1.82, 2.24) is 0 Å². The lowest BCUT2D eigenvalue weighted by molar-refractivity contribution is -0.153. The van der Waals surface area contributed by atoms with E-state index in [4.69, 9.17) is 4.74 Å². The molecular formula is C12H20O2. The molecule has 0 amide bonds. The molecule has 0 aliphatic heterocycles. The lowest BCUT2D eigenvalue weighted by atomic mass is 9.46. The van der Waals surface area contributed by atoms with E-state index in [1.165, 1.54) is 26.2 Å². The molecule has 0 spiro atoms. The van der Waals surface area contributed by atoms with Crippen molar-refractivity contribution in [2.45, 2.75) is 40.0 Å². The van der Waals surface area contributed by atoms with Crippen LogP contribution in [0.15, 0.2) is 0 Å². The molecule has 2 heteroatoms. The summed E-state index contributed by atoms with van der Waals surface area (Å²) in [5, 5.41) is 0. The third-order valence-corrected chi connectivity index (χ3v) is 4.50. The maximum Gasteiger partial charge on any atom is 0.302 e. The third kappa shape index (κ3) is 1.45. The second kappa shape index (κ2) is 3.25. The fraction of sp³-hybridized carbons (Fsp3) is 0.917. The van der Waals surface area contributed by atoms with Gasteiger partial charge in [-0.25, -0.2) is 0 Å². The van der Waals surface area contributed by atoms with Gasteiger partial charge in [-0.2, -0.15) is 0 Å². The summed E-state index contributed by atoms with van der Waals surface area (Å²) in [7, 11) is 0. The number of hydrogen-bond donors (Lipinski definition) is 0. The summed E-state index contributed by atoms with van der Waals surface area (Å²) in [6.07, 6.45) is 3.94. The third-order valence-electron chi connectivity index (χ3n) is 4.50. The summed E-state index contributed by atoms with van der Waals surface area (Å²) in [5.41, 5.74) is 0.503. The Balaban J connectivity index is 1.91. The summed E-state index contributed by atoms with van der Waals surface area (Å²) in [6, 6.07) is 0. The molecule has 0 saturated heterocycles. The second-order valence-electron chi connectivity index (χ2n) is 5.50. The molecule has 3 atom stereocenters. The van der Waals surface area contributed by atoms with E-state index >= 15 is 0 Å². The number of rotatable bonds is 2. The van der Waals surface area contributed by atoms with Crippen LogP contribution in [0.3, 0.4) is 0 Å². The van der Waals surface area contributed by atoms with Crippen LogP contribution in [0.2, 0.25) is 0 Å². The SMILES string of the molecule is CC(=O)OC[C@H]1CC[C@H]2C[C@@H]1C2(C)C. The van der Waals surface area contributed by atoms with E-state index in [1.807, 2.05) is 0 Å².